The van der Waals surface area contributed by atoms with Crippen LogP contribution in [0.5, 0.6) is 5.75 Å². The molecule has 0 atom stereocenters. The van der Waals surface area contributed by atoms with Gasteiger partial charge in [0.2, 0.25) is 5.76 Å². The molecule has 164 valence electrons. The van der Waals surface area contributed by atoms with Crippen molar-refractivity contribution in [3.05, 3.63) is 82.8 Å². The van der Waals surface area contributed by atoms with E-state index in [9.17, 15) is 14.4 Å². The third-order valence-electron chi connectivity index (χ3n) is 5.03. The van der Waals surface area contributed by atoms with Crippen LogP contribution >= 0.6 is 0 Å². The topological polar surface area (TPSA) is 118 Å². The lowest BCUT2D eigenvalue weighted by Gasteiger charge is -2.11. The van der Waals surface area contributed by atoms with Gasteiger partial charge in [0.1, 0.15) is 18.1 Å². The number of aromatic carboxylic acids is 1. The van der Waals surface area contributed by atoms with Crippen LogP contribution in [0, 0.1) is 6.92 Å². The molecule has 0 spiro atoms. The van der Waals surface area contributed by atoms with E-state index in [1.165, 1.54) is 12.1 Å². The number of furan rings is 1. The van der Waals surface area contributed by atoms with Gasteiger partial charge in [-0.3, -0.25) is 9.59 Å². The monoisotopic (exact) mass is 434 g/mol. The molecule has 2 amide bonds. The first kappa shape index (κ1) is 21.2. The summed E-state index contributed by atoms with van der Waals surface area (Å²) in [5.41, 5.74) is 2.35. The van der Waals surface area contributed by atoms with Gasteiger partial charge in [-0.2, -0.15) is 0 Å². The summed E-state index contributed by atoms with van der Waals surface area (Å²) in [4.78, 5) is 35.8. The van der Waals surface area contributed by atoms with Gasteiger partial charge in [-0.1, -0.05) is 6.07 Å². The minimum atomic E-state index is -1.14. The number of anilines is 1. The van der Waals surface area contributed by atoms with E-state index in [0.717, 1.165) is 18.4 Å². The van der Waals surface area contributed by atoms with Crippen LogP contribution in [0.1, 0.15) is 55.4 Å². The van der Waals surface area contributed by atoms with Gasteiger partial charge < -0.3 is 24.9 Å². The van der Waals surface area contributed by atoms with Gasteiger partial charge in [0.05, 0.1) is 0 Å². The van der Waals surface area contributed by atoms with Crippen molar-refractivity contribution in [1.29, 1.82) is 0 Å². The molecule has 8 heteroatoms. The van der Waals surface area contributed by atoms with Gasteiger partial charge >= 0.3 is 5.97 Å². The maximum atomic E-state index is 12.7. The third-order valence-corrected chi connectivity index (χ3v) is 5.03. The van der Waals surface area contributed by atoms with Crippen molar-refractivity contribution in [2.75, 3.05) is 5.32 Å². The normalized spacial score (nSPS) is 12.8. The summed E-state index contributed by atoms with van der Waals surface area (Å²) >= 11 is 0. The number of nitrogens with one attached hydrogen (secondary N) is 2. The lowest BCUT2D eigenvalue weighted by atomic mass is 10.1. The highest BCUT2D eigenvalue weighted by Crippen LogP contribution is 2.22. The van der Waals surface area contributed by atoms with Crippen molar-refractivity contribution in [1.82, 2.24) is 5.32 Å². The minimum Gasteiger partial charge on any atom is -0.486 e. The van der Waals surface area contributed by atoms with Gasteiger partial charge in [0.25, 0.3) is 11.8 Å². The first-order valence-electron chi connectivity index (χ1n) is 10.2. The van der Waals surface area contributed by atoms with E-state index in [0.29, 0.717) is 28.3 Å². The van der Waals surface area contributed by atoms with Crippen molar-refractivity contribution in [3.8, 4) is 5.75 Å². The Morgan fingerprint density at radius 3 is 2.38 bits per heavy atom. The van der Waals surface area contributed by atoms with Crippen LogP contribution in [0.15, 0.2) is 59.0 Å². The van der Waals surface area contributed by atoms with E-state index >= 15 is 0 Å². The molecular formula is C24H22N2O6. The summed E-state index contributed by atoms with van der Waals surface area (Å²) < 4.78 is 10.7. The van der Waals surface area contributed by atoms with Crippen molar-refractivity contribution < 1.29 is 28.6 Å². The molecule has 4 rings (SSSR count). The lowest BCUT2D eigenvalue weighted by Crippen LogP contribution is -2.25. The first-order valence-corrected chi connectivity index (χ1v) is 10.2. The Labute approximate surface area is 184 Å². The quantitative estimate of drug-likeness (QED) is 0.493. The maximum absolute atomic E-state index is 12.7. The van der Waals surface area contributed by atoms with E-state index in [1.54, 1.807) is 42.5 Å². The number of hydrogen-bond donors (Lipinski definition) is 3. The molecule has 8 nitrogen and oxygen atoms in total. The molecule has 0 unspecified atom stereocenters. The summed E-state index contributed by atoms with van der Waals surface area (Å²) in [6.07, 6.45) is 2.01. The molecular weight excluding hydrogens is 412 g/mol. The number of carboxylic acids is 1. The van der Waals surface area contributed by atoms with Crippen molar-refractivity contribution in [3.63, 3.8) is 0 Å². The van der Waals surface area contributed by atoms with E-state index < -0.39 is 5.97 Å². The first-order chi connectivity index (χ1) is 15.4. The lowest BCUT2D eigenvalue weighted by molar-refractivity contribution is 0.0657. The smallest absolute Gasteiger partial charge is 0.371 e. The number of aryl methyl sites for hydroxylation is 1. The molecule has 1 aliphatic rings. The Bertz CT molecular complexity index is 1160. The second kappa shape index (κ2) is 8.97. The van der Waals surface area contributed by atoms with Crippen molar-refractivity contribution in [2.24, 2.45) is 0 Å². The van der Waals surface area contributed by atoms with Crippen LogP contribution in [0.3, 0.4) is 0 Å². The highest BCUT2D eigenvalue weighted by Gasteiger charge is 2.24. The van der Waals surface area contributed by atoms with Gasteiger partial charge in [0, 0.05) is 22.9 Å². The van der Waals surface area contributed by atoms with Crippen LogP contribution in [-0.2, 0) is 6.61 Å². The summed E-state index contributed by atoms with van der Waals surface area (Å²) in [5, 5.41) is 14.7. The molecule has 1 aliphatic carbocycles. The number of ether oxygens (including phenoxy) is 1. The third kappa shape index (κ3) is 5.15. The number of rotatable bonds is 8. The standard InChI is InChI=1S/C24H22N2O6/c1-14-2-3-16(23(28)25-17-6-7-17)12-20(14)26-22(27)15-4-8-18(9-5-15)31-13-19-10-11-21(32-19)24(29)30/h2-5,8-12,17H,6-7,13H2,1H3,(H,25,28)(H,26,27)(H,29,30). The largest absolute Gasteiger partial charge is 0.486 e. The summed E-state index contributed by atoms with van der Waals surface area (Å²) in [6, 6.07) is 14.9. The summed E-state index contributed by atoms with van der Waals surface area (Å²) in [6.45, 7) is 1.92. The number of amides is 2. The van der Waals surface area contributed by atoms with Crippen LogP contribution in [0.25, 0.3) is 0 Å². The Morgan fingerprint density at radius 1 is 1.00 bits per heavy atom. The van der Waals surface area contributed by atoms with Crippen LogP contribution in [-0.4, -0.2) is 28.9 Å². The fourth-order valence-corrected chi connectivity index (χ4v) is 3.02. The highest BCUT2D eigenvalue weighted by molar-refractivity contribution is 6.05. The SMILES string of the molecule is Cc1ccc(C(=O)NC2CC2)cc1NC(=O)c1ccc(OCc2ccc(C(=O)O)o2)cc1. The molecule has 1 saturated carbocycles. The molecule has 0 radical (unpaired) electrons. The predicted octanol–water partition coefficient (Wildman–Crippen LogP) is 4.01. The fraction of sp³-hybridized carbons (Fsp3) is 0.208. The van der Waals surface area contributed by atoms with Gasteiger partial charge in [0.15, 0.2) is 0 Å². The zero-order valence-electron chi connectivity index (χ0n) is 17.4. The number of carbonyl (C=O) groups is 3. The molecule has 1 aromatic heterocycles. The molecule has 0 aliphatic heterocycles. The van der Waals surface area contributed by atoms with Gasteiger partial charge in [-0.05, 0) is 73.9 Å². The number of carboxylic acid groups (broad SMARTS) is 1. The van der Waals surface area contributed by atoms with Crippen LogP contribution in [0.2, 0.25) is 0 Å². The Balaban J connectivity index is 1.37. The Kier molecular flexibility index (Phi) is 5.93. The van der Waals surface area contributed by atoms with E-state index in [-0.39, 0.29) is 30.2 Å². The summed E-state index contributed by atoms with van der Waals surface area (Å²) in [7, 11) is 0. The second-order valence-corrected chi connectivity index (χ2v) is 7.62. The maximum Gasteiger partial charge on any atom is 0.371 e. The number of hydrogen-bond acceptors (Lipinski definition) is 5. The Morgan fingerprint density at radius 2 is 1.72 bits per heavy atom. The molecule has 1 heterocycles. The fourth-order valence-electron chi connectivity index (χ4n) is 3.02. The van der Waals surface area contributed by atoms with E-state index in [1.807, 2.05) is 6.92 Å². The molecule has 1 fully saturated rings. The molecule has 3 N–H and O–H groups in total. The number of carbonyl (C=O) groups excluding carboxylic acids is 2. The summed E-state index contributed by atoms with van der Waals surface area (Å²) in [5.74, 6) is -0.862. The van der Waals surface area contributed by atoms with E-state index in [2.05, 4.69) is 10.6 Å². The van der Waals surface area contributed by atoms with Crippen LogP contribution in [0.4, 0.5) is 5.69 Å². The zero-order chi connectivity index (χ0) is 22.7. The van der Waals surface area contributed by atoms with Gasteiger partial charge in [-0.15, -0.1) is 0 Å². The van der Waals surface area contributed by atoms with Crippen molar-refractivity contribution >= 4 is 23.5 Å². The Hall–Kier alpha value is -4.07. The second-order valence-electron chi connectivity index (χ2n) is 7.62. The zero-order valence-corrected chi connectivity index (χ0v) is 17.4. The molecule has 0 saturated heterocycles. The highest BCUT2D eigenvalue weighted by atomic mass is 16.5. The molecule has 32 heavy (non-hydrogen) atoms. The molecule has 3 aromatic rings. The minimum absolute atomic E-state index is 0.0632. The van der Waals surface area contributed by atoms with Crippen molar-refractivity contribution in [2.45, 2.75) is 32.4 Å². The predicted molar refractivity (Wildman–Crippen MR) is 116 cm³/mol. The number of benzene rings is 2. The average molecular weight is 434 g/mol. The van der Waals surface area contributed by atoms with Gasteiger partial charge in [-0.25, -0.2) is 4.79 Å². The molecule has 2 aromatic carbocycles. The average Bonchev–Trinajstić information content (AvgIpc) is 3.46. The van der Waals surface area contributed by atoms with E-state index in [4.69, 9.17) is 14.3 Å². The van der Waals surface area contributed by atoms with Crippen LogP contribution < -0.4 is 15.4 Å². The molecule has 0 bridgehead atoms.